The number of aromatic nitrogens is 1. The van der Waals surface area contributed by atoms with Crippen LogP contribution in [-0.4, -0.2) is 40.0 Å². The predicted molar refractivity (Wildman–Crippen MR) is 65.2 cm³/mol. The molecule has 1 aliphatic heterocycles. The van der Waals surface area contributed by atoms with Gasteiger partial charge in [0.05, 0.1) is 11.0 Å². The van der Waals surface area contributed by atoms with Crippen molar-refractivity contribution in [2.45, 2.75) is 20.3 Å². The van der Waals surface area contributed by atoms with Crippen molar-refractivity contribution in [3.05, 3.63) is 29.6 Å². The number of carbonyl (C=O) groups excluding carboxylic acids is 1. The lowest BCUT2D eigenvalue weighted by atomic mass is 9.90. The van der Waals surface area contributed by atoms with E-state index in [4.69, 9.17) is 5.11 Å². The number of hydrogen-bond acceptors (Lipinski definition) is 3. The van der Waals surface area contributed by atoms with E-state index in [-0.39, 0.29) is 12.5 Å². The molecule has 1 saturated heterocycles. The van der Waals surface area contributed by atoms with Gasteiger partial charge < -0.3 is 10.0 Å². The maximum Gasteiger partial charge on any atom is 0.311 e. The van der Waals surface area contributed by atoms with Crippen molar-refractivity contribution < 1.29 is 14.7 Å². The number of carbonyl (C=O) groups is 2. The second-order valence-electron chi connectivity index (χ2n) is 5.03. The second-order valence-corrected chi connectivity index (χ2v) is 5.03. The third-order valence-corrected chi connectivity index (χ3v) is 3.44. The molecule has 5 heteroatoms. The summed E-state index contributed by atoms with van der Waals surface area (Å²) in [5.41, 5.74) is 0.534. The van der Waals surface area contributed by atoms with Gasteiger partial charge in [-0.25, -0.2) is 0 Å². The number of aryl methyl sites for hydroxylation is 1. The van der Waals surface area contributed by atoms with E-state index in [1.807, 2.05) is 6.92 Å². The van der Waals surface area contributed by atoms with Crippen molar-refractivity contribution in [3.8, 4) is 0 Å². The van der Waals surface area contributed by atoms with Gasteiger partial charge in [-0.15, -0.1) is 0 Å². The van der Waals surface area contributed by atoms with Crippen LogP contribution in [0.1, 0.15) is 29.4 Å². The molecule has 96 valence electrons. The van der Waals surface area contributed by atoms with Crippen LogP contribution in [0, 0.1) is 12.3 Å². The first-order valence-corrected chi connectivity index (χ1v) is 5.88. The minimum absolute atomic E-state index is 0.146. The summed E-state index contributed by atoms with van der Waals surface area (Å²) in [6.45, 7) is 4.27. The third-order valence-electron chi connectivity index (χ3n) is 3.44. The van der Waals surface area contributed by atoms with Crippen LogP contribution in [0.15, 0.2) is 18.3 Å². The molecule has 0 saturated carbocycles. The lowest BCUT2D eigenvalue weighted by Gasteiger charge is -2.20. The highest BCUT2D eigenvalue weighted by atomic mass is 16.4. The molecule has 2 rings (SSSR count). The fourth-order valence-electron chi connectivity index (χ4n) is 2.09. The molecule has 1 fully saturated rings. The Kier molecular flexibility index (Phi) is 3.07. The molecule has 0 aliphatic carbocycles. The van der Waals surface area contributed by atoms with Crippen LogP contribution in [-0.2, 0) is 4.79 Å². The van der Waals surface area contributed by atoms with E-state index in [1.165, 1.54) is 6.20 Å². The average Bonchev–Trinajstić information content (AvgIpc) is 2.73. The fourth-order valence-corrected chi connectivity index (χ4v) is 2.09. The Balaban J connectivity index is 2.12. The highest BCUT2D eigenvalue weighted by Crippen LogP contribution is 2.30. The molecule has 0 radical (unpaired) electrons. The van der Waals surface area contributed by atoms with E-state index in [9.17, 15) is 9.59 Å². The molecule has 1 aromatic rings. The van der Waals surface area contributed by atoms with Crippen LogP contribution in [0.3, 0.4) is 0 Å². The van der Waals surface area contributed by atoms with E-state index < -0.39 is 11.4 Å². The first-order chi connectivity index (χ1) is 8.42. The summed E-state index contributed by atoms with van der Waals surface area (Å²) in [6, 6.07) is 3.50. The van der Waals surface area contributed by atoms with Crippen molar-refractivity contribution in [2.24, 2.45) is 5.41 Å². The number of rotatable bonds is 2. The van der Waals surface area contributed by atoms with Crippen molar-refractivity contribution in [1.29, 1.82) is 0 Å². The molecular formula is C13H16N2O3. The van der Waals surface area contributed by atoms with Gasteiger partial charge in [-0.1, -0.05) is 0 Å². The third kappa shape index (κ3) is 2.20. The van der Waals surface area contributed by atoms with E-state index in [1.54, 1.807) is 24.0 Å². The van der Waals surface area contributed by atoms with Crippen LogP contribution >= 0.6 is 0 Å². The number of hydrogen-bond donors (Lipinski definition) is 1. The van der Waals surface area contributed by atoms with Crippen molar-refractivity contribution in [3.63, 3.8) is 0 Å². The molecule has 1 unspecified atom stereocenters. The summed E-state index contributed by atoms with van der Waals surface area (Å²) in [5.74, 6) is -0.993. The highest BCUT2D eigenvalue weighted by Gasteiger charge is 2.42. The van der Waals surface area contributed by atoms with Crippen LogP contribution < -0.4 is 0 Å². The highest BCUT2D eigenvalue weighted by molar-refractivity contribution is 5.94. The minimum atomic E-state index is -0.847. The second kappa shape index (κ2) is 4.40. The summed E-state index contributed by atoms with van der Waals surface area (Å²) in [5, 5.41) is 9.13. The van der Waals surface area contributed by atoms with E-state index in [0.717, 1.165) is 5.69 Å². The number of carboxylic acid groups (broad SMARTS) is 1. The summed E-state index contributed by atoms with van der Waals surface area (Å²) in [6.07, 6.45) is 2.03. The zero-order chi connectivity index (χ0) is 13.3. The van der Waals surface area contributed by atoms with E-state index in [2.05, 4.69) is 4.98 Å². The van der Waals surface area contributed by atoms with Gasteiger partial charge in [0.2, 0.25) is 0 Å². The molecule has 1 amide bonds. The Bertz CT molecular complexity index is 484. The Labute approximate surface area is 105 Å². The molecular weight excluding hydrogens is 232 g/mol. The average molecular weight is 248 g/mol. The molecule has 0 spiro atoms. The lowest BCUT2D eigenvalue weighted by molar-refractivity contribution is -0.147. The number of pyridine rings is 1. The summed E-state index contributed by atoms with van der Waals surface area (Å²) in [7, 11) is 0. The Morgan fingerprint density at radius 2 is 2.17 bits per heavy atom. The number of carboxylic acids is 1. The van der Waals surface area contributed by atoms with E-state index in [0.29, 0.717) is 18.5 Å². The Morgan fingerprint density at radius 3 is 2.67 bits per heavy atom. The lowest BCUT2D eigenvalue weighted by Crippen LogP contribution is -2.34. The molecule has 1 N–H and O–H groups in total. The fraction of sp³-hybridized carbons (Fsp3) is 0.462. The van der Waals surface area contributed by atoms with Gasteiger partial charge in [0.1, 0.15) is 0 Å². The largest absolute Gasteiger partial charge is 0.481 e. The standard InChI is InChI=1S/C13H16N2O3/c1-9-3-4-10(7-14-9)11(16)15-6-5-13(2,8-15)12(17)18/h3-4,7H,5-6,8H2,1-2H3,(H,17,18). The zero-order valence-corrected chi connectivity index (χ0v) is 10.5. The zero-order valence-electron chi connectivity index (χ0n) is 10.5. The van der Waals surface area contributed by atoms with Crippen LogP contribution in [0.5, 0.6) is 0 Å². The Hall–Kier alpha value is -1.91. The molecule has 1 aliphatic rings. The van der Waals surface area contributed by atoms with Crippen LogP contribution in [0.4, 0.5) is 0 Å². The van der Waals surface area contributed by atoms with Gasteiger partial charge in [0, 0.05) is 25.0 Å². The Morgan fingerprint density at radius 1 is 1.44 bits per heavy atom. The van der Waals surface area contributed by atoms with Gasteiger partial charge in [-0.05, 0) is 32.4 Å². The van der Waals surface area contributed by atoms with Crippen LogP contribution in [0.2, 0.25) is 0 Å². The van der Waals surface area contributed by atoms with E-state index >= 15 is 0 Å². The number of nitrogens with zero attached hydrogens (tertiary/aromatic N) is 2. The quantitative estimate of drug-likeness (QED) is 0.857. The van der Waals surface area contributed by atoms with Gasteiger partial charge in [-0.2, -0.15) is 0 Å². The smallest absolute Gasteiger partial charge is 0.311 e. The van der Waals surface area contributed by atoms with Crippen LogP contribution in [0.25, 0.3) is 0 Å². The number of aliphatic carboxylic acids is 1. The molecule has 18 heavy (non-hydrogen) atoms. The first-order valence-electron chi connectivity index (χ1n) is 5.88. The summed E-state index contributed by atoms with van der Waals surface area (Å²) in [4.78, 5) is 28.9. The molecule has 0 aromatic carbocycles. The van der Waals surface area contributed by atoms with Gasteiger partial charge in [0.15, 0.2) is 0 Å². The van der Waals surface area contributed by atoms with Gasteiger partial charge in [0.25, 0.3) is 5.91 Å². The molecule has 5 nitrogen and oxygen atoms in total. The predicted octanol–water partition coefficient (Wildman–Crippen LogP) is 1.33. The number of amides is 1. The summed E-state index contributed by atoms with van der Waals surface area (Å²) < 4.78 is 0. The normalized spacial score (nSPS) is 23.1. The molecule has 1 aromatic heterocycles. The monoisotopic (exact) mass is 248 g/mol. The molecule has 0 bridgehead atoms. The first kappa shape index (κ1) is 12.5. The molecule has 2 heterocycles. The molecule has 1 atom stereocenters. The minimum Gasteiger partial charge on any atom is -0.481 e. The SMILES string of the molecule is Cc1ccc(C(=O)N2CCC(C)(C(=O)O)C2)cn1. The topological polar surface area (TPSA) is 70.5 Å². The van der Waals surface area contributed by atoms with Crippen molar-refractivity contribution >= 4 is 11.9 Å². The number of likely N-dealkylation sites (tertiary alicyclic amines) is 1. The van der Waals surface area contributed by atoms with Gasteiger partial charge in [-0.3, -0.25) is 14.6 Å². The van der Waals surface area contributed by atoms with Crippen molar-refractivity contribution in [2.75, 3.05) is 13.1 Å². The van der Waals surface area contributed by atoms with Crippen molar-refractivity contribution in [1.82, 2.24) is 9.88 Å². The summed E-state index contributed by atoms with van der Waals surface area (Å²) >= 11 is 0. The maximum absolute atomic E-state index is 12.2. The van der Waals surface area contributed by atoms with Gasteiger partial charge >= 0.3 is 5.97 Å². The maximum atomic E-state index is 12.2.